The molecule has 2 heterocycles. The number of nitrogens with one attached hydrogen (secondary N) is 1. The molecule has 1 saturated heterocycles. The monoisotopic (exact) mass is 428 g/mol. The van der Waals surface area contributed by atoms with E-state index in [0.29, 0.717) is 26.2 Å². The Balaban J connectivity index is 1.51. The number of amides is 1. The number of sulfonamides is 1. The Bertz CT molecular complexity index is 1190. The Morgan fingerprint density at radius 2 is 1.70 bits per heavy atom. The third-order valence-electron chi connectivity index (χ3n) is 6.03. The lowest BCUT2D eigenvalue weighted by molar-refractivity contribution is -0.121. The van der Waals surface area contributed by atoms with E-state index in [1.54, 1.807) is 0 Å². The van der Waals surface area contributed by atoms with Crippen molar-refractivity contribution in [2.75, 3.05) is 37.8 Å². The number of benzene rings is 2. The van der Waals surface area contributed by atoms with E-state index in [2.05, 4.69) is 35.0 Å². The van der Waals surface area contributed by atoms with Crippen molar-refractivity contribution >= 4 is 43.4 Å². The van der Waals surface area contributed by atoms with Gasteiger partial charge in [-0.15, -0.1) is 0 Å². The van der Waals surface area contributed by atoms with Gasteiger partial charge in [0.25, 0.3) is 0 Å². The lowest BCUT2D eigenvalue weighted by Crippen LogP contribution is -2.53. The number of carbonyl (C=O) groups is 1. The highest BCUT2D eigenvalue weighted by Gasteiger charge is 2.28. The molecular formula is C22H28N4O3S. The number of para-hydroxylation sites is 1. The van der Waals surface area contributed by atoms with Crippen LogP contribution in [0.1, 0.15) is 13.8 Å². The molecule has 0 saturated carbocycles. The van der Waals surface area contributed by atoms with E-state index in [0.717, 1.165) is 23.1 Å². The smallest absolute Gasteiger partial charge is 0.241 e. The second-order valence-corrected chi connectivity index (χ2v) is 9.84. The van der Waals surface area contributed by atoms with Gasteiger partial charge in [-0.3, -0.25) is 9.69 Å². The van der Waals surface area contributed by atoms with Crippen LogP contribution in [-0.4, -0.2) is 66.6 Å². The molecule has 1 aliphatic heterocycles. The first kappa shape index (κ1) is 20.8. The van der Waals surface area contributed by atoms with E-state index in [1.807, 2.05) is 36.1 Å². The molecule has 0 bridgehead atoms. The highest BCUT2D eigenvalue weighted by molar-refractivity contribution is 7.88. The van der Waals surface area contributed by atoms with Crippen molar-refractivity contribution in [3.05, 3.63) is 42.5 Å². The standard InChI is InChI=1S/C22H28N4O3S/c1-4-26-20-8-6-5-7-18(20)19-15-17(9-10-21(19)26)23-22(27)16(2)24-11-13-25(14-12-24)30(3,28)29/h5-10,15-16H,4,11-14H2,1-3H3,(H,23,27)/t16-/m1/s1. The van der Waals surface area contributed by atoms with Gasteiger partial charge >= 0.3 is 0 Å². The van der Waals surface area contributed by atoms with Crippen molar-refractivity contribution in [3.8, 4) is 0 Å². The normalized spacial score (nSPS) is 17.4. The number of hydrogen-bond acceptors (Lipinski definition) is 4. The lowest BCUT2D eigenvalue weighted by Gasteiger charge is -2.36. The number of aryl methyl sites for hydroxylation is 1. The van der Waals surface area contributed by atoms with Gasteiger partial charge in [0.05, 0.1) is 12.3 Å². The molecular weight excluding hydrogens is 400 g/mol. The average Bonchev–Trinajstić information content (AvgIpc) is 3.05. The maximum Gasteiger partial charge on any atom is 0.241 e. The van der Waals surface area contributed by atoms with E-state index in [-0.39, 0.29) is 11.9 Å². The fraction of sp³-hybridized carbons (Fsp3) is 0.409. The Morgan fingerprint density at radius 3 is 2.37 bits per heavy atom. The molecule has 0 spiro atoms. The third-order valence-corrected chi connectivity index (χ3v) is 7.33. The summed E-state index contributed by atoms with van der Waals surface area (Å²) >= 11 is 0. The summed E-state index contributed by atoms with van der Waals surface area (Å²) in [4.78, 5) is 14.9. The molecule has 30 heavy (non-hydrogen) atoms. The van der Waals surface area contributed by atoms with Crippen LogP contribution in [0.15, 0.2) is 42.5 Å². The molecule has 1 atom stereocenters. The maximum absolute atomic E-state index is 12.9. The molecule has 160 valence electrons. The zero-order valence-corrected chi connectivity index (χ0v) is 18.4. The predicted molar refractivity (Wildman–Crippen MR) is 121 cm³/mol. The Hall–Kier alpha value is -2.42. The van der Waals surface area contributed by atoms with E-state index in [4.69, 9.17) is 0 Å². The second kappa shape index (κ2) is 8.02. The van der Waals surface area contributed by atoms with Crippen molar-refractivity contribution in [3.63, 3.8) is 0 Å². The van der Waals surface area contributed by atoms with E-state index in [9.17, 15) is 13.2 Å². The SMILES string of the molecule is CCn1c2ccccc2c2cc(NC(=O)[C@@H](C)N3CCN(S(C)(=O)=O)CC3)ccc21. The quantitative estimate of drug-likeness (QED) is 0.678. The zero-order valence-electron chi connectivity index (χ0n) is 17.6. The van der Waals surface area contributed by atoms with E-state index >= 15 is 0 Å². The number of rotatable bonds is 5. The molecule has 0 aliphatic carbocycles. The van der Waals surface area contributed by atoms with Crippen molar-refractivity contribution < 1.29 is 13.2 Å². The molecule has 1 amide bonds. The first-order valence-electron chi connectivity index (χ1n) is 10.3. The summed E-state index contributed by atoms with van der Waals surface area (Å²) in [6.45, 7) is 6.80. The predicted octanol–water partition coefficient (Wildman–Crippen LogP) is 2.72. The van der Waals surface area contributed by atoms with Crippen molar-refractivity contribution in [2.45, 2.75) is 26.4 Å². The van der Waals surface area contributed by atoms with Crippen LogP contribution in [0.4, 0.5) is 5.69 Å². The largest absolute Gasteiger partial charge is 0.341 e. The maximum atomic E-state index is 12.9. The van der Waals surface area contributed by atoms with Gasteiger partial charge in [-0.25, -0.2) is 8.42 Å². The highest BCUT2D eigenvalue weighted by atomic mass is 32.2. The molecule has 8 heteroatoms. The van der Waals surface area contributed by atoms with Gasteiger partial charge in [0, 0.05) is 60.2 Å². The van der Waals surface area contributed by atoms with Crippen molar-refractivity contribution in [1.29, 1.82) is 0 Å². The number of piperazine rings is 1. The van der Waals surface area contributed by atoms with Crippen LogP contribution >= 0.6 is 0 Å². The third kappa shape index (κ3) is 3.82. The molecule has 3 aromatic rings. The van der Waals surface area contributed by atoms with E-state index < -0.39 is 10.0 Å². The molecule has 1 fully saturated rings. The van der Waals surface area contributed by atoms with Gasteiger partial charge in [0.15, 0.2) is 0 Å². The van der Waals surface area contributed by atoms with Crippen LogP contribution in [0.25, 0.3) is 21.8 Å². The molecule has 0 unspecified atom stereocenters. The number of fused-ring (bicyclic) bond motifs is 3. The summed E-state index contributed by atoms with van der Waals surface area (Å²) in [5, 5.41) is 5.34. The molecule has 4 rings (SSSR count). The van der Waals surface area contributed by atoms with Gasteiger partial charge in [0.2, 0.25) is 15.9 Å². The minimum absolute atomic E-state index is 0.0821. The summed E-state index contributed by atoms with van der Waals surface area (Å²) < 4.78 is 27.1. The average molecular weight is 429 g/mol. The molecule has 0 radical (unpaired) electrons. The molecule has 2 aromatic carbocycles. The first-order chi connectivity index (χ1) is 14.3. The van der Waals surface area contributed by atoms with Crippen LogP contribution < -0.4 is 5.32 Å². The molecule has 1 aliphatic rings. The van der Waals surface area contributed by atoms with Crippen molar-refractivity contribution in [1.82, 2.24) is 13.8 Å². The topological polar surface area (TPSA) is 74.7 Å². The Kier molecular flexibility index (Phi) is 5.57. The number of aromatic nitrogens is 1. The van der Waals surface area contributed by atoms with Crippen molar-refractivity contribution in [2.24, 2.45) is 0 Å². The van der Waals surface area contributed by atoms with E-state index in [1.165, 1.54) is 21.5 Å². The first-order valence-corrected chi connectivity index (χ1v) is 12.2. The van der Waals surface area contributed by atoms with Gasteiger partial charge in [-0.1, -0.05) is 18.2 Å². The summed E-state index contributed by atoms with van der Waals surface area (Å²) in [7, 11) is -3.18. The zero-order chi connectivity index (χ0) is 21.5. The fourth-order valence-electron chi connectivity index (χ4n) is 4.31. The summed E-state index contributed by atoms with van der Waals surface area (Å²) in [6, 6.07) is 14.0. The second-order valence-electron chi connectivity index (χ2n) is 7.86. The van der Waals surface area contributed by atoms with Gasteiger partial charge < -0.3 is 9.88 Å². The van der Waals surface area contributed by atoms with Crippen LogP contribution in [0.3, 0.4) is 0 Å². The fourth-order valence-corrected chi connectivity index (χ4v) is 5.13. The van der Waals surface area contributed by atoms with Crippen LogP contribution in [0, 0.1) is 0 Å². The summed E-state index contributed by atoms with van der Waals surface area (Å²) in [5.74, 6) is -0.0821. The number of carbonyl (C=O) groups excluding carboxylic acids is 1. The highest BCUT2D eigenvalue weighted by Crippen LogP contribution is 2.31. The number of hydrogen-bond donors (Lipinski definition) is 1. The van der Waals surface area contributed by atoms with Crippen LogP contribution in [0.2, 0.25) is 0 Å². The summed E-state index contributed by atoms with van der Waals surface area (Å²) in [6.07, 6.45) is 1.23. The number of nitrogens with zero attached hydrogens (tertiary/aromatic N) is 3. The lowest BCUT2D eigenvalue weighted by atomic mass is 10.1. The molecule has 7 nitrogen and oxygen atoms in total. The van der Waals surface area contributed by atoms with Gasteiger partial charge in [-0.05, 0) is 38.1 Å². The van der Waals surface area contributed by atoms with Gasteiger partial charge in [0.1, 0.15) is 0 Å². The summed E-state index contributed by atoms with van der Waals surface area (Å²) in [5.41, 5.74) is 3.12. The van der Waals surface area contributed by atoms with Gasteiger partial charge in [-0.2, -0.15) is 4.31 Å². The Morgan fingerprint density at radius 1 is 1.03 bits per heavy atom. The minimum atomic E-state index is -3.18. The molecule has 1 aromatic heterocycles. The minimum Gasteiger partial charge on any atom is -0.341 e. The van der Waals surface area contributed by atoms with Crippen LogP contribution in [0.5, 0.6) is 0 Å². The molecule has 1 N–H and O–H groups in total. The van der Waals surface area contributed by atoms with Crippen LogP contribution in [-0.2, 0) is 21.4 Å². The Labute approximate surface area is 177 Å². The number of anilines is 1.